The Bertz CT molecular complexity index is 2050. The molecule has 0 radical (unpaired) electrons. The van der Waals surface area contributed by atoms with Crippen molar-refractivity contribution in [1.82, 2.24) is 5.32 Å². The number of nitrogens with zero attached hydrogens (tertiary/aromatic N) is 1. The van der Waals surface area contributed by atoms with Gasteiger partial charge in [-0.15, -0.1) is 0 Å². The summed E-state index contributed by atoms with van der Waals surface area (Å²) in [6, 6.07) is -0.910. The zero-order valence-corrected chi connectivity index (χ0v) is 59.7. The molecule has 9 nitrogen and oxygen atoms in total. The number of phosphoric acid groups is 1. The maximum Gasteiger partial charge on any atom is 0.306 e. The lowest BCUT2D eigenvalue weighted by molar-refractivity contribution is -0.870. The highest BCUT2D eigenvalue weighted by Gasteiger charge is 2.27. The van der Waals surface area contributed by atoms with Crippen LogP contribution in [0.15, 0.2) is 146 Å². The summed E-state index contributed by atoms with van der Waals surface area (Å²) in [5, 5.41) is 3.03. The number of carbonyl (C=O) groups excluding carboxylic acids is 2. The molecule has 0 aliphatic heterocycles. The third-order valence-electron chi connectivity index (χ3n) is 15.5. The van der Waals surface area contributed by atoms with Crippen molar-refractivity contribution in [2.24, 2.45) is 0 Å². The number of amides is 1. The third-order valence-corrected chi connectivity index (χ3v) is 16.5. The van der Waals surface area contributed by atoms with E-state index in [1.165, 1.54) is 96.3 Å². The van der Waals surface area contributed by atoms with Gasteiger partial charge in [-0.1, -0.05) is 302 Å². The topological polar surface area (TPSA) is 114 Å². The fraction of sp³-hybridized carbons (Fsp3) is 0.675. The predicted molar refractivity (Wildman–Crippen MR) is 389 cm³/mol. The predicted octanol–water partition coefficient (Wildman–Crippen LogP) is 23.1. The number of quaternary nitrogens is 1. The van der Waals surface area contributed by atoms with E-state index in [1.807, 2.05) is 33.3 Å². The molecule has 90 heavy (non-hydrogen) atoms. The molecule has 0 aliphatic rings. The maximum atomic E-state index is 13.6. The van der Waals surface area contributed by atoms with Gasteiger partial charge in [0.25, 0.3) is 7.82 Å². The largest absolute Gasteiger partial charge is 0.756 e. The molecule has 0 aromatic carbocycles. The Balaban J connectivity index is 5.09. The fourth-order valence-corrected chi connectivity index (χ4v) is 10.7. The Labute approximate surface area is 555 Å². The minimum atomic E-state index is -4.72. The van der Waals surface area contributed by atoms with E-state index >= 15 is 0 Å². The van der Waals surface area contributed by atoms with Gasteiger partial charge in [0.1, 0.15) is 19.3 Å². The van der Waals surface area contributed by atoms with Crippen LogP contribution in [0.3, 0.4) is 0 Å². The molecule has 0 aromatic rings. The van der Waals surface area contributed by atoms with E-state index in [-0.39, 0.29) is 24.9 Å². The van der Waals surface area contributed by atoms with Gasteiger partial charge in [0, 0.05) is 12.8 Å². The molecule has 1 amide bonds. The van der Waals surface area contributed by atoms with E-state index in [4.69, 9.17) is 13.8 Å². The molecule has 0 heterocycles. The number of carbonyl (C=O) groups is 2. The number of allylic oxidation sites excluding steroid dienone is 23. The van der Waals surface area contributed by atoms with Crippen molar-refractivity contribution < 1.29 is 37.3 Å². The standard InChI is InChI=1S/C80H137N2O7P/c1-7-10-13-16-19-22-25-28-30-32-34-36-38-40-41-43-45-47-49-51-53-55-58-61-64-67-70-73-80(84)89-78(71-68-65-62-59-56-27-24-21-18-15-12-9-3)77(76-88-90(85,86)87-75-74-82(4,5)6)81-79(83)72-69-66-63-60-57-54-52-50-48-46-44-42-39-37-35-33-31-29-26-23-20-17-14-11-8-2/h10-11,13-14,19-20,22-23,28-31,34-37,40-42,44,48,50,68,71,77-78H,7-9,12,15-18,21,24-27,32-33,38-39,43,45-47,49,51-67,69-70,72-76H2,1-6H3,(H-,81,83,85,86)/b13-10-,14-11-,22-19-,23-20-,30-28-,31-29-,36-34-,37-35-,41-40-,44-42-,50-48-,71-68+. The van der Waals surface area contributed by atoms with Crippen LogP contribution < -0.4 is 10.2 Å². The summed E-state index contributed by atoms with van der Waals surface area (Å²) in [7, 11) is 1.16. The molecule has 0 saturated carbocycles. The normalized spacial score (nSPS) is 14.3. The number of nitrogens with one attached hydrogen (secondary N) is 1. The highest BCUT2D eigenvalue weighted by molar-refractivity contribution is 7.45. The number of esters is 1. The van der Waals surface area contributed by atoms with E-state index in [2.05, 4.69) is 160 Å². The number of hydrogen-bond donors (Lipinski definition) is 1. The summed E-state index contributed by atoms with van der Waals surface area (Å²) in [6.45, 7) is 6.61. The first-order chi connectivity index (χ1) is 43.9. The van der Waals surface area contributed by atoms with Gasteiger partial charge in [-0.25, -0.2) is 0 Å². The lowest BCUT2D eigenvalue weighted by Crippen LogP contribution is -2.47. The molecule has 3 unspecified atom stereocenters. The SMILES string of the molecule is CC/C=C\C/C=C\C/C=C\C/C=C\C/C=C\C/C=C\CCCCCCCCC(=O)NC(COP(=O)([O-])OCC[N+](C)(C)C)C(/C=C/CCCCCCCCCCCC)OC(=O)CCCCCCCCCCCCC/C=C\C/C=C\C/C=C\C/C=C\C/C=C\CC. The van der Waals surface area contributed by atoms with E-state index in [0.29, 0.717) is 23.9 Å². The van der Waals surface area contributed by atoms with E-state index in [9.17, 15) is 19.0 Å². The lowest BCUT2D eigenvalue weighted by Gasteiger charge is -2.30. The molecule has 3 atom stereocenters. The smallest absolute Gasteiger partial charge is 0.306 e. The molecular formula is C80H137N2O7P. The summed E-state index contributed by atoms with van der Waals surface area (Å²) in [4.78, 5) is 40.3. The fourth-order valence-electron chi connectivity index (χ4n) is 9.96. The monoisotopic (exact) mass is 1270 g/mol. The Morgan fingerprint density at radius 1 is 0.400 bits per heavy atom. The molecule has 0 bridgehead atoms. The van der Waals surface area contributed by atoms with Crippen LogP contribution in [-0.4, -0.2) is 69.4 Å². The van der Waals surface area contributed by atoms with Gasteiger partial charge >= 0.3 is 5.97 Å². The van der Waals surface area contributed by atoms with Crippen LogP contribution >= 0.6 is 7.82 Å². The average molecular weight is 1270 g/mol. The van der Waals surface area contributed by atoms with Crippen LogP contribution in [0.5, 0.6) is 0 Å². The average Bonchev–Trinajstić information content (AvgIpc) is 3.11. The molecular weight excluding hydrogens is 1130 g/mol. The summed E-state index contributed by atoms with van der Waals surface area (Å²) < 4.78 is 30.5. The number of unbranched alkanes of at least 4 members (excludes halogenated alkanes) is 27. The second kappa shape index (κ2) is 67.8. The molecule has 0 saturated heterocycles. The highest BCUT2D eigenvalue weighted by Crippen LogP contribution is 2.38. The van der Waals surface area contributed by atoms with Crippen LogP contribution in [0.4, 0.5) is 0 Å². The van der Waals surface area contributed by atoms with Crippen molar-refractivity contribution in [3.05, 3.63) is 146 Å². The van der Waals surface area contributed by atoms with Gasteiger partial charge in [-0.3, -0.25) is 14.2 Å². The Hall–Kier alpha value is -4.11. The molecule has 10 heteroatoms. The van der Waals surface area contributed by atoms with Gasteiger partial charge in [0.2, 0.25) is 5.91 Å². The quantitative estimate of drug-likeness (QED) is 0.0212. The highest BCUT2D eigenvalue weighted by atomic mass is 31.2. The van der Waals surface area contributed by atoms with Crippen LogP contribution in [0, 0.1) is 0 Å². The Morgan fingerprint density at radius 3 is 1.07 bits per heavy atom. The summed E-state index contributed by atoms with van der Waals surface area (Å²) >= 11 is 0. The minimum absolute atomic E-state index is 0.0333. The summed E-state index contributed by atoms with van der Waals surface area (Å²) in [5.41, 5.74) is 0. The summed E-state index contributed by atoms with van der Waals surface area (Å²) in [5.74, 6) is -0.566. The van der Waals surface area contributed by atoms with Crippen molar-refractivity contribution in [3.8, 4) is 0 Å². The van der Waals surface area contributed by atoms with E-state index in [0.717, 1.165) is 161 Å². The molecule has 0 rings (SSSR count). The summed E-state index contributed by atoms with van der Waals surface area (Å²) in [6.07, 6.45) is 98.3. The first-order valence-corrected chi connectivity index (χ1v) is 38.1. The van der Waals surface area contributed by atoms with E-state index < -0.39 is 26.6 Å². The van der Waals surface area contributed by atoms with E-state index in [1.54, 1.807) is 0 Å². The first kappa shape index (κ1) is 85.9. The van der Waals surface area contributed by atoms with Crippen molar-refractivity contribution in [2.45, 2.75) is 309 Å². The number of rotatable bonds is 65. The van der Waals surface area contributed by atoms with Gasteiger partial charge in [0.05, 0.1) is 33.8 Å². The third kappa shape index (κ3) is 68.3. The maximum absolute atomic E-state index is 13.6. The lowest BCUT2D eigenvalue weighted by atomic mass is 10.0. The second-order valence-electron chi connectivity index (χ2n) is 25.3. The number of ether oxygens (including phenoxy) is 1. The molecule has 0 spiro atoms. The van der Waals surface area contributed by atoms with Crippen LogP contribution in [0.1, 0.15) is 297 Å². The van der Waals surface area contributed by atoms with Gasteiger partial charge in [-0.2, -0.15) is 0 Å². The molecule has 0 aliphatic carbocycles. The molecule has 1 N–H and O–H groups in total. The van der Waals surface area contributed by atoms with Crippen LogP contribution in [0.25, 0.3) is 0 Å². The zero-order chi connectivity index (χ0) is 65.6. The van der Waals surface area contributed by atoms with Gasteiger partial charge in [0.15, 0.2) is 0 Å². The number of likely N-dealkylation sites (N-methyl/N-ethyl adjacent to an activating group) is 1. The zero-order valence-electron chi connectivity index (χ0n) is 58.8. The van der Waals surface area contributed by atoms with Crippen molar-refractivity contribution in [1.29, 1.82) is 0 Å². The van der Waals surface area contributed by atoms with Crippen molar-refractivity contribution in [3.63, 3.8) is 0 Å². The van der Waals surface area contributed by atoms with Crippen molar-refractivity contribution >= 4 is 19.7 Å². The Kier molecular flexibility index (Phi) is 64.7. The molecule has 0 fully saturated rings. The number of hydrogen-bond acceptors (Lipinski definition) is 7. The molecule has 514 valence electrons. The van der Waals surface area contributed by atoms with Crippen LogP contribution in [0.2, 0.25) is 0 Å². The van der Waals surface area contributed by atoms with Crippen molar-refractivity contribution in [2.75, 3.05) is 40.9 Å². The molecule has 0 aromatic heterocycles. The second-order valence-corrected chi connectivity index (χ2v) is 26.7. The first-order valence-electron chi connectivity index (χ1n) is 36.6. The number of phosphoric ester groups is 1. The Morgan fingerprint density at radius 2 is 0.711 bits per heavy atom. The van der Waals surface area contributed by atoms with Gasteiger partial charge < -0.3 is 28.5 Å². The van der Waals surface area contributed by atoms with Crippen LogP contribution in [-0.2, 0) is 27.9 Å². The van der Waals surface area contributed by atoms with Gasteiger partial charge in [-0.05, 0) is 128 Å². The minimum Gasteiger partial charge on any atom is -0.756 e.